The molecule has 0 saturated carbocycles. The van der Waals surface area contributed by atoms with E-state index in [0.717, 1.165) is 36.7 Å². The van der Waals surface area contributed by atoms with Crippen LogP contribution in [-0.4, -0.2) is 35.4 Å². The molecule has 5 heteroatoms. The van der Waals surface area contributed by atoms with E-state index in [1.54, 1.807) is 0 Å². The fraction of sp³-hybridized carbons (Fsp3) is 0.667. The van der Waals surface area contributed by atoms with Gasteiger partial charge in [-0.1, -0.05) is 0 Å². The molecule has 2 fully saturated rings. The van der Waals surface area contributed by atoms with E-state index in [-0.39, 0.29) is 5.54 Å². The van der Waals surface area contributed by atoms with Crippen molar-refractivity contribution in [3.63, 3.8) is 0 Å². The Morgan fingerprint density at radius 3 is 2.70 bits per heavy atom. The second kappa shape index (κ2) is 4.42. The first-order valence-corrected chi connectivity index (χ1v) is 7.19. The van der Waals surface area contributed by atoms with E-state index in [1.165, 1.54) is 0 Å². The smallest absolute Gasteiger partial charge is 0.169 e. The molecular formula is C15H21N5. The summed E-state index contributed by atoms with van der Waals surface area (Å²) in [5.41, 5.74) is 2.47. The van der Waals surface area contributed by atoms with Gasteiger partial charge in [0.1, 0.15) is 11.6 Å². The van der Waals surface area contributed by atoms with Crippen LogP contribution in [0.25, 0.3) is 0 Å². The van der Waals surface area contributed by atoms with Gasteiger partial charge in [-0.3, -0.25) is 0 Å². The van der Waals surface area contributed by atoms with Crippen LogP contribution in [0.1, 0.15) is 30.7 Å². The molecule has 2 aliphatic rings. The normalized spacial score (nSPS) is 27.4. The molecular weight excluding hydrogens is 250 g/mol. The van der Waals surface area contributed by atoms with Crippen LogP contribution in [-0.2, 0) is 0 Å². The standard InChI is InChI=1S/C15H21N5/c1-9-10(2)18-19-14(12(9)5-16)20-8-11-6-17-7-13(11)15(20,3)4/h11,13,17H,6-8H2,1-4H3. The SMILES string of the molecule is Cc1nnc(N2CC3CNCC3C2(C)C)c(C#N)c1C. The first-order chi connectivity index (χ1) is 9.46. The summed E-state index contributed by atoms with van der Waals surface area (Å²) in [4.78, 5) is 2.29. The van der Waals surface area contributed by atoms with Crippen molar-refractivity contribution in [2.75, 3.05) is 24.5 Å². The number of hydrogen-bond donors (Lipinski definition) is 1. The van der Waals surface area contributed by atoms with Crippen LogP contribution in [0.3, 0.4) is 0 Å². The van der Waals surface area contributed by atoms with Crippen molar-refractivity contribution in [2.45, 2.75) is 33.2 Å². The highest BCUT2D eigenvalue weighted by atomic mass is 15.3. The minimum Gasteiger partial charge on any atom is -0.348 e. The Kier molecular flexibility index (Phi) is 2.94. The number of nitrogens with one attached hydrogen (secondary N) is 1. The maximum Gasteiger partial charge on any atom is 0.169 e. The van der Waals surface area contributed by atoms with Crippen molar-refractivity contribution in [3.8, 4) is 6.07 Å². The molecule has 1 aromatic rings. The summed E-state index contributed by atoms with van der Waals surface area (Å²) < 4.78 is 0. The van der Waals surface area contributed by atoms with E-state index in [1.807, 2.05) is 13.8 Å². The lowest BCUT2D eigenvalue weighted by Gasteiger charge is -2.36. The number of hydrogen-bond acceptors (Lipinski definition) is 5. The summed E-state index contributed by atoms with van der Waals surface area (Å²) in [6.45, 7) is 11.4. The minimum atomic E-state index is 0.0101. The maximum atomic E-state index is 9.50. The van der Waals surface area contributed by atoms with Crippen molar-refractivity contribution in [1.29, 1.82) is 5.26 Å². The molecule has 1 aromatic heterocycles. The summed E-state index contributed by atoms with van der Waals surface area (Å²) in [6.07, 6.45) is 0. The Morgan fingerprint density at radius 2 is 2.05 bits per heavy atom. The van der Waals surface area contributed by atoms with Crippen molar-refractivity contribution in [1.82, 2.24) is 15.5 Å². The second-order valence-corrected chi connectivity index (χ2v) is 6.51. The molecule has 0 aromatic carbocycles. The summed E-state index contributed by atoms with van der Waals surface area (Å²) in [7, 11) is 0. The third-order valence-electron chi connectivity index (χ3n) is 5.16. The van der Waals surface area contributed by atoms with Gasteiger partial charge in [0.05, 0.1) is 5.69 Å². The zero-order chi connectivity index (χ0) is 14.5. The highest BCUT2D eigenvalue weighted by molar-refractivity contribution is 5.60. The minimum absolute atomic E-state index is 0.0101. The molecule has 2 atom stereocenters. The average molecular weight is 271 g/mol. The molecule has 0 bridgehead atoms. The molecule has 0 spiro atoms. The van der Waals surface area contributed by atoms with E-state index in [0.29, 0.717) is 17.4 Å². The van der Waals surface area contributed by atoms with Crippen molar-refractivity contribution >= 4 is 5.82 Å². The van der Waals surface area contributed by atoms with Crippen molar-refractivity contribution in [3.05, 3.63) is 16.8 Å². The topological polar surface area (TPSA) is 64.8 Å². The van der Waals surface area contributed by atoms with E-state index in [9.17, 15) is 5.26 Å². The van der Waals surface area contributed by atoms with E-state index in [2.05, 4.69) is 40.3 Å². The first kappa shape index (κ1) is 13.3. The number of nitrogens with zero attached hydrogens (tertiary/aromatic N) is 4. The van der Waals surface area contributed by atoms with Gasteiger partial charge in [0, 0.05) is 25.2 Å². The lowest BCUT2D eigenvalue weighted by Crippen LogP contribution is -2.45. The van der Waals surface area contributed by atoms with Crippen LogP contribution < -0.4 is 10.2 Å². The number of anilines is 1. The van der Waals surface area contributed by atoms with Crippen LogP contribution in [0.15, 0.2) is 0 Å². The van der Waals surface area contributed by atoms with Crippen molar-refractivity contribution in [2.24, 2.45) is 11.8 Å². The number of aryl methyl sites for hydroxylation is 1. The van der Waals surface area contributed by atoms with Gasteiger partial charge in [-0.05, 0) is 45.1 Å². The lowest BCUT2D eigenvalue weighted by molar-refractivity contribution is 0.355. The summed E-state index contributed by atoms with van der Waals surface area (Å²) in [5.74, 6) is 2.01. The fourth-order valence-corrected chi connectivity index (χ4v) is 3.70. The van der Waals surface area contributed by atoms with Gasteiger partial charge < -0.3 is 10.2 Å². The van der Waals surface area contributed by atoms with E-state index < -0.39 is 0 Å². The molecule has 106 valence electrons. The van der Waals surface area contributed by atoms with Gasteiger partial charge in [-0.15, -0.1) is 5.10 Å². The molecule has 3 rings (SSSR count). The predicted octanol–water partition coefficient (Wildman–Crippen LogP) is 1.40. The van der Waals surface area contributed by atoms with Crippen LogP contribution in [0.5, 0.6) is 0 Å². The number of aromatic nitrogens is 2. The maximum absolute atomic E-state index is 9.50. The van der Waals surface area contributed by atoms with Gasteiger partial charge in [-0.2, -0.15) is 10.4 Å². The third kappa shape index (κ3) is 1.71. The third-order valence-corrected chi connectivity index (χ3v) is 5.16. The van der Waals surface area contributed by atoms with Gasteiger partial charge in [0.25, 0.3) is 0 Å². The summed E-state index contributed by atoms with van der Waals surface area (Å²) in [5, 5.41) is 21.6. The van der Waals surface area contributed by atoms with Gasteiger partial charge >= 0.3 is 0 Å². The van der Waals surface area contributed by atoms with E-state index in [4.69, 9.17) is 0 Å². The largest absolute Gasteiger partial charge is 0.348 e. The van der Waals surface area contributed by atoms with Crippen molar-refractivity contribution < 1.29 is 0 Å². The highest BCUT2D eigenvalue weighted by Gasteiger charge is 2.50. The Hall–Kier alpha value is -1.67. The number of rotatable bonds is 1. The molecule has 20 heavy (non-hydrogen) atoms. The average Bonchev–Trinajstić information content (AvgIpc) is 2.96. The lowest BCUT2D eigenvalue weighted by atomic mass is 9.85. The first-order valence-electron chi connectivity index (χ1n) is 7.19. The van der Waals surface area contributed by atoms with E-state index >= 15 is 0 Å². The molecule has 3 heterocycles. The van der Waals surface area contributed by atoms with Crippen LogP contribution in [0, 0.1) is 37.0 Å². The van der Waals surface area contributed by atoms with Crippen LogP contribution in [0.4, 0.5) is 5.82 Å². The Balaban J connectivity index is 2.07. The number of nitriles is 1. The predicted molar refractivity (Wildman–Crippen MR) is 77.5 cm³/mol. The Morgan fingerprint density at radius 1 is 1.30 bits per heavy atom. The van der Waals surface area contributed by atoms with Gasteiger partial charge in [-0.25, -0.2) is 0 Å². The molecule has 2 unspecified atom stereocenters. The molecule has 0 radical (unpaired) electrons. The Bertz CT molecular complexity index is 587. The highest BCUT2D eigenvalue weighted by Crippen LogP contribution is 2.43. The fourth-order valence-electron chi connectivity index (χ4n) is 3.70. The number of fused-ring (bicyclic) bond motifs is 1. The molecule has 1 N–H and O–H groups in total. The summed E-state index contributed by atoms with van der Waals surface area (Å²) in [6, 6.07) is 2.33. The molecule has 2 aliphatic heterocycles. The molecule has 0 aliphatic carbocycles. The molecule has 2 saturated heterocycles. The van der Waals surface area contributed by atoms with Gasteiger partial charge in [0.2, 0.25) is 0 Å². The second-order valence-electron chi connectivity index (χ2n) is 6.51. The monoisotopic (exact) mass is 271 g/mol. The van der Waals surface area contributed by atoms with Crippen LogP contribution in [0.2, 0.25) is 0 Å². The quantitative estimate of drug-likeness (QED) is 0.836. The zero-order valence-electron chi connectivity index (χ0n) is 12.6. The zero-order valence-corrected chi connectivity index (χ0v) is 12.6. The van der Waals surface area contributed by atoms with Gasteiger partial charge in [0.15, 0.2) is 5.82 Å². The molecule has 5 nitrogen and oxygen atoms in total. The molecule has 0 amide bonds. The Labute approximate surface area is 120 Å². The summed E-state index contributed by atoms with van der Waals surface area (Å²) >= 11 is 0. The van der Waals surface area contributed by atoms with Crippen LogP contribution >= 0.6 is 0 Å².